The molecule has 4 N–H and O–H groups in total. The van der Waals surface area contributed by atoms with Crippen molar-refractivity contribution in [3.63, 3.8) is 0 Å². The molecule has 3 aromatic heterocycles. The molecule has 0 aliphatic carbocycles. The number of carbonyl (C=O) groups excluding carboxylic acids is 2. The van der Waals surface area contributed by atoms with Crippen molar-refractivity contribution in [2.75, 3.05) is 89.3 Å². The van der Waals surface area contributed by atoms with Crippen molar-refractivity contribution in [3.05, 3.63) is 81.5 Å². The molecule has 5 aliphatic rings. The van der Waals surface area contributed by atoms with E-state index in [9.17, 15) is 19.8 Å². The first-order chi connectivity index (χ1) is 31.0. The normalized spacial score (nSPS) is 19.5. The SMILES string of the molecule is CC(C)c1cc(C(=O)N2Cc3ccc(CN4CC(N5CCN(C(=O)C6CCN(Cc7cc8nc(-c9cnc(N)nc9)nc(N9CCOCC9)c8s7)CC6)CC5)C4)cc3C2)c(O)cc1O. The topological polar surface area (TPSA) is 181 Å². The van der Waals surface area contributed by atoms with Crippen LogP contribution >= 0.6 is 11.3 Å². The van der Waals surface area contributed by atoms with Crippen LogP contribution in [0.1, 0.15) is 70.1 Å². The lowest BCUT2D eigenvalue weighted by atomic mass is 9.94. The Kier molecular flexibility index (Phi) is 11.8. The highest BCUT2D eigenvalue weighted by Gasteiger charge is 2.37. The minimum absolute atomic E-state index is 0.00580. The van der Waals surface area contributed by atoms with Crippen LogP contribution in [0, 0.1) is 5.92 Å². The first-order valence-electron chi connectivity index (χ1n) is 22.7. The summed E-state index contributed by atoms with van der Waals surface area (Å²) in [5.41, 5.74) is 11.8. The number of likely N-dealkylation sites (tertiary alicyclic amines) is 2. The van der Waals surface area contributed by atoms with Crippen molar-refractivity contribution in [2.24, 2.45) is 5.92 Å². The summed E-state index contributed by atoms with van der Waals surface area (Å²) in [6.07, 6.45) is 5.09. The third-order valence-electron chi connectivity index (χ3n) is 13.7. The van der Waals surface area contributed by atoms with Gasteiger partial charge in [-0.15, -0.1) is 11.3 Å². The van der Waals surface area contributed by atoms with Crippen molar-refractivity contribution in [2.45, 2.75) is 64.8 Å². The maximum atomic E-state index is 13.8. The summed E-state index contributed by atoms with van der Waals surface area (Å²) >= 11 is 1.76. The van der Waals surface area contributed by atoms with E-state index in [1.165, 1.54) is 16.5 Å². The fraction of sp³-hybridized carbons (Fsp3) is 0.489. The molecule has 64 heavy (non-hydrogen) atoms. The van der Waals surface area contributed by atoms with E-state index < -0.39 is 0 Å². The van der Waals surface area contributed by atoms with Gasteiger partial charge in [0, 0.05) is 114 Å². The van der Waals surface area contributed by atoms with Crippen LogP contribution in [-0.4, -0.2) is 151 Å². The van der Waals surface area contributed by atoms with Gasteiger partial charge in [-0.25, -0.2) is 19.9 Å². The predicted octanol–water partition coefficient (Wildman–Crippen LogP) is 4.50. The molecule has 2 amide bonds. The standard InChI is InChI=1S/C47H57N11O5S/c1-29(2)37-19-38(41(60)20-40(37)59)46(62)58-24-32-4-3-30(17-33(32)25-58)23-54-26-35(27-54)55-9-11-57(12-10-55)45(61)31-5-7-53(8-6-31)28-36-18-39-42(64-36)44(56-13-15-63-16-14-56)52-43(51-39)34-21-49-47(48)50-22-34/h3-4,17-22,29,31,35,59-60H,5-16,23-28H2,1-2H3,(H2,48,49,50). The van der Waals surface area contributed by atoms with Crippen LogP contribution in [-0.2, 0) is 35.7 Å². The number of nitrogen functional groups attached to an aromatic ring is 1. The van der Waals surface area contributed by atoms with Crippen molar-refractivity contribution in [3.8, 4) is 22.9 Å². The number of thiophene rings is 1. The maximum absolute atomic E-state index is 13.8. The summed E-state index contributed by atoms with van der Waals surface area (Å²) < 4.78 is 6.72. The Morgan fingerprint density at radius 1 is 0.828 bits per heavy atom. The number of aromatic nitrogens is 4. The first kappa shape index (κ1) is 42.5. The molecule has 5 aliphatic heterocycles. The fourth-order valence-electron chi connectivity index (χ4n) is 9.99. The number of anilines is 2. The minimum Gasteiger partial charge on any atom is -0.508 e. The van der Waals surface area contributed by atoms with Gasteiger partial charge in [0.2, 0.25) is 11.9 Å². The number of piperazine rings is 1. The molecule has 5 aromatic rings. The molecule has 17 heteroatoms. The summed E-state index contributed by atoms with van der Waals surface area (Å²) in [5, 5.41) is 20.8. The zero-order valence-electron chi connectivity index (χ0n) is 36.7. The summed E-state index contributed by atoms with van der Waals surface area (Å²) in [6, 6.07) is 12.1. The van der Waals surface area contributed by atoms with Crippen molar-refractivity contribution in [1.29, 1.82) is 0 Å². The predicted molar refractivity (Wildman–Crippen MR) is 245 cm³/mol. The largest absolute Gasteiger partial charge is 0.508 e. The minimum atomic E-state index is -0.230. The number of piperidine rings is 1. The number of fused-ring (bicyclic) bond motifs is 2. The molecule has 2 aromatic carbocycles. The molecule has 10 rings (SSSR count). The Hall–Kier alpha value is -5.46. The zero-order valence-corrected chi connectivity index (χ0v) is 37.5. The second kappa shape index (κ2) is 17.8. The Bertz CT molecular complexity index is 2520. The van der Waals surface area contributed by atoms with Crippen LogP contribution in [0.25, 0.3) is 21.6 Å². The highest BCUT2D eigenvalue weighted by atomic mass is 32.1. The maximum Gasteiger partial charge on any atom is 0.258 e. The van der Waals surface area contributed by atoms with Gasteiger partial charge in [-0.05, 0) is 66.2 Å². The lowest BCUT2D eigenvalue weighted by Crippen LogP contribution is -2.63. The average Bonchev–Trinajstić information content (AvgIpc) is 3.91. The van der Waals surface area contributed by atoms with E-state index >= 15 is 0 Å². The number of phenols is 2. The van der Waals surface area contributed by atoms with Gasteiger partial charge in [0.15, 0.2) is 11.6 Å². The number of ether oxygens (including phenoxy) is 1. The molecule has 8 heterocycles. The van der Waals surface area contributed by atoms with E-state index in [0.717, 1.165) is 124 Å². The molecule has 0 atom stereocenters. The Labute approximate surface area is 377 Å². The number of phenolic OH excluding ortho intramolecular Hbond substituents is 2. The average molecular weight is 888 g/mol. The van der Waals surface area contributed by atoms with Gasteiger partial charge in [0.25, 0.3) is 5.91 Å². The molecule has 0 bridgehead atoms. The van der Waals surface area contributed by atoms with Crippen LogP contribution in [0.15, 0.2) is 48.8 Å². The molecule has 0 unspecified atom stereocenters. The van der Waals surface area contributed by atoms with Gasteiger partial charge in [-0.1, -0.05) is 32.0 Å². The van der Waals surface area contributed by atoms with Crippen LogP contribution in [0.4, 0.5) is 11.8 Å². The lowest BCUT2D eigenvalue weighted by Gasteiger charge is -2.48. The Balaban J connectivity index is 0.677. The number of nitrogens with zero attached hydrogens (tertiary/aromatic N) is 10. The van der Waals surface area contributed by atoms with Gasteiger partial charge >= 0.3 is 0 Å². The molecule has 336 valence electrons. The van der Waals surface area contributed by atoms with Crippen LogP contribution in [0.2, 0.25) is 0 Å². The lowest BCUT2D eigenvalue weighted by molar-refractivity contribution is -0.139. The molecule has 0 radical (unpaired) electrons. The molecular formula is C47H57N11O5S. The van der Waals surface area contributed by atoms with Gasteiger partial charge in [0.05, 0.1) is 34.6 Å². The monoisotopic (exact) mass is 887 g/mol. The van der Waals surface area contributed by atoms with E-state index in [1.807, 2.05) is 13.8 Å². The fourth-order valence-corrected chi connectivity index (χ4v) is 11.1. The molecular weight excluding hydrogens is 831 g/mol. The summed E-state index contributed by atoms with van der Waals surface area (Å²) in [7, 11) is 0. The van der Waals surface area contributed by atoms with Crippen LogP contribution in [0.3, 0.4) is 0 Å². The van der Waals surface area contributed by atoms with E-state index in [2.05, 4.69) is 58.7 Å². The van der Waals surface area contributed by atoms with Gasteiger partial charge in [-0.2, -0.15) is 0 Å². The van der Waals surface area contributed by atoms with E-state index in [1.54, 1.807) is 34.7 Å². The van der Waals surface area contributed by atoms with Crippen molar-refractivity contribution in [1.82, 2.24) is 44.4 Å². The third-order valence-corrected chi connectivity index (χ3v) is 14.8. The smallest absolute Gasteiger partial charge is 0.258 e. The molecule has 4 saturated heterocycles. The summed E-state index contributed by atoms with van der Waals surface area (Å²) in [4.78, 5) is 60.4. The van der Waals surface area contributed by atoms with Gasteiger partial charge in [-0.3, -0.25) is 24.3 Å². The van der Waals surface area contributed by atoms with Crippen molar-refractivity contribution >= 4 is 45.1 Å². The summed E-state index contributed by atoms with van der Waals surface area (Å²) in [5.74, 6) is 1.72. The number of carbonyl (C=O) groups is 2. The van der Waals surface area contributed by atoms with E-state index in [0.29, 0.717) is 49.6 Å². The molecule has 0 spiro atoms. The van der Waals surface area contributed by atoms with E-state index in [-0.39, 0.29) is 40.8 Å². The number of rotatable bonds is 10. The number of aromatic hydroxyl groups is 2. The number of nitrogens with two attached hydrogens (primary N) is 1. The molecule has 16 nitrogen and oxygen atoms in total. The Morgan fingerprint density at radius 3 is 2.30 bits per heavy atom. The molecule has 4 fully saturated rings. The number of benzene rings is 2. The number of morpholine rings is 1. The highest BCUT2D eigenvalue weighted by molar-refractivity contribution is 7.19. The first-order valence-corrected chi connectivity index (χ1v) is 23.5. The second-order valence-corrected chi connectivity index (χ2v) is 19.5. The number of amides is 2. The highest BCUT2D eigenvalue weighted by Crippen LogP contribution is 2.37. The number of hydrogen-bond acceptors (Lipinski definition) is 15. The zero-order chi connectivity index (χ0) is 44.1. The van der Waals surface area contributed by atoms with Gasteiger partial charge < -0.3 is 35.4 Å². The van der Waals surface area contributed by atoms with Crippen LogP contribution < -0.4 is 10.6 Å². The van der Waals surface area contributed by atoms with Gasteiger partial charge in [0.1, 0.15) is 11.5 Å². The van der Waals surface area contributed by atoms with E-state index in [4.69, 9.17) is 20.4 Å². The second-order valence-electron chi connectivity index (χ2n) is 18.3. The quantitative estimate of drug-likeness (QED) is 0.178. The number of hydrogen-bond donors (Lipinski definition) is 3. The van der Waals surface area contributed by atoms with Crippen molar-refractivity contribution < 1.29 is 24.5 Å². The third kappa shape index (κ3) is 8.71. The summed E-state index contributed by atoms with van der Waals surface area (Å²) in [6.45, 7) is 16.6. The molecule has 0 saturated carbocycles. The van der Waals surface area contributed by atoms with Crippen LogP contribution in [0.5, 0.6) is 11.5 Å². The Morgan fingerprint density at radius 2 is 1.56 bits per heavy atom.